The molecule has 0 saturated heterocycles. The summed E-state index contributed by atoms with van der Waals surface area (Å²) in [6.07, 6.45) is -1.49. The summed E-state index contributed by atoms with van der Waals surface area (Å²) in [5.41, 5.74) is -0.364. The lowest BCUT2D eigenvalue weighted by Crippen LogP contribution is -2.51. The van der Waals surface area contributed by atoms with Gasteiger partial charge in [-0.1, -0.05) is 41.9 Å². The van der Waals surface area contributed by atoms with Gasteiger partial charge in [0.1, 0.15) is 0 Å². The molecule has 2 atom stereocenters. The molecular weight excluding hydrogens is 505 g/mol. The van der Waals surface area contributed by atoms with E-state index in [0.717, 1.165) is 28.6 Å². The Hall–Kier alpha value is -3.59. The largest absolute Gasteiger partial charge is 0.462 e. The van der Waals surface area contributed by atoms with Crippen LogP contribution in [0.5, 0.6) is 5.88 Å². The Labute approximate surface area is 217 Å². The van der Waals surface area contributed by atoms with E-state index in [-0.39, 0.29) is 11.9 Å². The van der Waals surface area contributed by atoms with Crippen LogP contribution in [0.25, 0.3) is 10.9 Å². The molecule has 2 aromatic carbocycles. The first-order valence-electron chi connectivity index (χ1n) is 11.6. The zero-order chi connectivity index (χ0) is 26.8. The van der Waals surface area contributed by atoms with Crippen LogP contribution in [0.15, 0.2) is 73.1 Å². The monoisotopic (exact) mass is 530 g/mol. The third-order valence-corrected chi connectivity index (χ3v) is 6.34. The minimum absolute atomic E-state index is 0.0865. The number of aromatic nitrogens is 3. The van der Waals surface area contributed by atoms with Crippen molar-refractivity contribution < 1.29 is 22.7 Å². The van der Waals surface area contributed by atoms with Crippen molar-refractivity contribution in [2.45, 2.75) is 51.1 Å². The van der Waals surface area contributed by atoms with Crippen LogP contribution >= 0.6 is 11.6 Å². The number of nitrogens with zero attached hydrogens (tertiary/aromatic N) is 3. The first-order valence-corrected chi connectivity index (χ1v) is 12.0. The number of pyridine rings is 1. The minimum Gasteiger partial charge on any atom is -0.462 e. The van der Waals surface area contributed by atoms with Gasteiger partial charge in [0.25, 0.3) is 5.91 Å². The second-order valence-electron chi connectivity index (χ2n) is 9.30. The van der Waals surface area contributed by atoms with Gasteiger partial charge in [0.15, 0.2) is 5.60 Å². The Balaban J connectivity index is 1.55. The van der Waals surface area contributed by atoms with E-state index < -0.39 is 29.3 Å². The van der Waals surface area contributed by atoms with E-state index in [1.165, 1.54) is 13.8 Å². The predicted molar refractivity (Wildman–Crippen MR) is 135 cm³/mol. The fourth-order valence-electron chi connectivity index (χ4n) is 3.99. The lowest BCUT2D eigenvalue weighted by atomic mass is 9.99. The molecule has 1 N–H and O–H groups in total. The second-order valence-corrected chi connectivity index (χ2v) is 9.74. The summed E-state index contributed by atoms with van der Waals surface area (Å²) in [7, 11) is 0. The average molecular weight is 531 g/mol. The van der Waals surface area contributed by atoms with Crippen LogP contribution in [0.4, 0.5) is 13.2 Å². The van der Waals surface area contributed by atoms with Gasteiger partial charge < -0.3 is 10.1 Å². The molecule has 0 saturated carbocycles. The van der Waals surface area contributed by atoms with Gasteiger partial charge in [-0.3, -0.25) is 9.48 Å². The SMILES string of the molecule is CC(NC(=O)C(C)(C)Oc1ccc(C(F)(F)F)cn1)C(Cc1ccc(Cl)cc1)n1ncc2ccccc21. The molecule has 10 heteroatoms. The Bertz CT molecular complexity index is 1370. The highest BCUT2D eigenvalue weighted by molar-refractivity contribution is 6.30. The maximum Gasteiger partial charge on any atom is 0.417 e. The van der Waals surface area contributed by atoms with Crippen LogP contribution in [0, 0.1) is 0 Å². The van der Waals surface area contributed by atoms with Crippen molar-refractivity contribution in [1.29, 1.82) is 0 Å². The van der Waals surface area contributed by atoms with Gasteiger partial charge in [-0.2, -0.15) is 18.3 Å². The second kappa shape index (κ2) is 10.4. The standard InChI is InChI=1S/C27H26ClF3N4O2/c1-17(34-25(36)26(2,3)37-24-13-10-20(16-32-24)27(29,30)31)23(14-18-8-11-21(28)12-9-18)35-22-7-5-4-6-19(22)15-33-35/h4-13,15-17,23H,14H2,1-3H3,(H,34,36). The van der Waals surface area contributed by atoms with Crippen molar-refractivity contribution >= 4 is 28.4 Å². The molecule has 1 amide bonds. The van der Waals surface area contributed by atoms with E-state index in [2.05, 4.69) is 15.4 Å². The quantitative estimate of drug-likeness (QED) is 0.292. The van der Waals surface area contributed by atoms with Crippen molar-refractivity contribution in [1.82, 2.24) is 20.1 Å². The zero-order valence-electron chi connectivity index (χ0n) is 20.5. The Kier molecular flexibility index (Phi) is 7.45. The summed E-state index contributed by atoms with van der Waals surface area (Å²) in [5, 5.41) is 9.20. The average Bonchev–Trinajstić information content (AvgIpc) is 3.27. The summed E-state index contributed by atoms with van der Waals surface area (Å²) in [5.74, 6) is -0.532. The van der Waals surface area contributed by atoms with E-state index >= 15 is 0 Å². The number of hydrogen-bond acceptors (Lipinski definition) is 4. The fourth-order valence-corrected chi connectivity index (χ4v) is 4.11. The Morgan fingerprint density at radius 1 is 1.05 bits per heavy atom. The van der Waals surface area contributed by atoms with Crippen LogP contribution in [-0.4, -0.2) is 32.3 Å². The molecule has 6 nitrogen and oxygen atoms in total. The molecule has 0 radical (unpaired) electrons. The number of ether oxygens (including phenoxy) is 1. The topological polar surface area (TPSA) is 69.0 Å². The van der Waals surface area contributed by atoms with E-state index in [0.29, 0.717) is 17.6 Å². The Morgan fingerprint density at radius 3 is 2.41 bits per heavy atom. The molecule has 4 aromatic rings. The van der Waals surface area contributed by atoms with Gasteiger partial charge in [-0.05, 0) is 57.0 Å². The molecular formula is C27H26ClF3N4O2. The highest BCUT2D eigenvalue weighted by Crippen LogP contribution is 2.30. The van der Waals surface area contributed by atoms with Gasteiger partial charge in [0.2, 0.25) is 5.88 Å². The molecule has 2 unspecified atom stereocenters. The molecule has 0 aliphatic carbocycles. The van der Waals surface area contributed by atoms with Crippen LogP contribution in [0.3, 0.4) is 0 Å². The van der Waals surface area contributed by atoms with Crippen LogP contribution in [0.1, 0.15) is 37.9 Å². The maximum atomic E-state index is 13.2. The third kappa shape index (κ3) is 6.22. The minimum atomic E-state index is -4.51. The number of amides is 1. The number of hydrogen-bond donors (Lipinski definition) is 1. The first-order chi connectivity index (χ1) is 17.4. The van der Waals surface area contributed by atoms with Crippen molar-refractivity contribution in [2.75, 3.05) is 0 Å². The molecule has 0 bridgehead atoms. The number of nitrogens with one attached hydrogen (secondary N) is 1. The number of halogens is 4. The lowest BCUT2D eigenvalue weighted by molar-refractivity contribution is -0.138. The van der Waals surface area contributed by atoms with Crippen molar-refractivity contribution in [2.24, 2.45) is 0 Å². The van der Waals surface area contributed by atoms with E-state index in [9.17, 15) is 18.0 Å². The summed E-state index contributed by atoms with van der Waals surface area (Å²) in [6, 6.07) is 16.6. The molecule has 0 fully saturated rings. The van der Waals surface area contributed by atoms with E-state index in [4.69, 9.17) is 16.3 Å². The van der Waals surface area contributed by atoms with Gasteiger partial charge in [-0.25, -0.2) is 4.98 Å². The molecule has 0 spiro atoms. The number of fused-ring (bicyclic) bond motifs is 1. The summed E-state index contributed by atoms with van der Waals surface area (Å²) in [6.45, 7) is 4.94. The summed E-state index contributed by atoms with van der Waals surface area (Å²) >= 11 is 6.06. The Morgan fingerprint density at radius 2 is 1.76 bits per heavy atom. The summed E-state index contributed by atoms with van der Waals surface area (Å²) in [4.78, 5) is 17.0. The van der Waals surface area contributed by atoms with Gasteiger partial charge in [-0.15, -0.1) is 0 Å². The van der Waals surface area contributed by atoms with Crippen molar-refractivity contribution in [3.63, 3.8) is 0 Å². The van der Waals surface area contributed by atoms with E-state index in [1.54, 1.807) is 6.20 Å². The number of alkyl halides is 3. The number of benzene rings is 2. The molecule has 0 aliphatic rings. The van der Waals surface area contributed by atoms with Crippen molar-refractivity contribution in [3.05, 3.63) is 89.2 Å². The molecule has 0 aliphatic heterocycles. The number of rotatable bonds is 8. The highest BCUT2D eigenvalue weighted by Gasteiger charge is 2.35. The lowest BCUT2D eigenvalue weighted by Gasteiger charge is -2.31. The fraction of sp³-hybridized carbons (Fsp3) is 0.296. The van der Waals surface area contributed by atoms with Crippen LogP contribution in [-0.2, 0) is 17.4 Å². The molecule has 37 heavy (non-hydrogen) atoms. The third-order valence-electron chi connectivity index (χ3n) is 6.08. The zero-order valence-corrected chi connectivity index (χ0v) is 21.2. The van der Waals surface area contributed by atoms with Gasteiger partial charge in [0, 0.05) is 28.7 Å². The molecule has 2 heterocycles. The summed E-state index contributed by atoms with van der Waals surface area (Å²) < 4.78 is 46.1. The van der Waals surface area contributed by atoms with Crippen molar-refractivity contribution in [3.8, 4) is 5.88 Å². The first kappa shape index (κ1) is 26.5. The highest BCUT2D eigenvalue weighted by atomic mass is 35.5. The molecule has 4 rings (SSSR count). The van der Waals surface area contributed by atoms with Gasteiger partial charge >= 0.3 is 6.18 Å². The number of carbonyl (C=O) groups excluding carboxylic acids is 1. The molecule has 194 valence electrons. The van der Waals surface area contributed by atoms with E-state index in [1.807, 2.05) is 60.1 Å². The van der Waals surface area contributed by atoms with Gasteiger partial charge in [0.05, 0.1) is 23.3 Å². The number of carbonyl (C=O) groups is 1. The predicted octanol–water partition coefficient (Wildman–Crippen LogP) is 6.25. The molecule has 2 aromatic heterocycles. The van der Waals surface area contributed by atoms with Crippen LogP contribution < -0.4 is 10.1 Å². The normalized spacial score (nSPS) is 13.8. The smallest absolute Gasteiger partial charge is 0.417 e. The maximum absolute atomic E-state index is 13.2. The van der Waals surface area contributed by atoms with Crippen LogP contribution in [0.2, 0.25) is 5.02 Å². The number of para-hydroxylation sites is 1.